The predicted molar refractivity (Wildman–Crippen MR) is 68.5 cm³/mol. The summed E-state index contributed by atoms with van der Waals surface area (Å²) in [5.41, 5.74) is 0.976. The van der Waals surface area contributed by atoms with Gasteiger partial charge in [-0.2, -0.15) is 0 Å². The predicted octanol–water partition coefficient (Wildman–Crippen LogP) is 1.22. The molecule has 0 spiro atoms. The van der Waals surface area contributed by atoms with Crippen molar-refractivity contribution in [1.82, 2.24) is 4.90 Å². The number of hydrogen-bond donors (Lipinski definition) is 1. The lowest BCUT2D eigenvalue weighted by molar-refractivity contribution is -0.131. The molecule has 18 heavy (non-hydrogen) atoms. The number of carbonyl (C=O) groups is 1. The zero-order chi connectivity index (χ0) is 13.0. The molecule has 1 amide bonds. The molecule has 1 aromatic rings. The van der Waals surface area contributed by atoms with Crippen LogP contribution in [0.15, 0.2) is 24.3 Å². The molecule has 2 rings (SSSR count). The van der Waals surface area contributed by atoms with Gasteiger partial charge in [-0.1, -0.05) is 12.1 Å². The molecule has 0 aliphatic heterocycles. The number of nitrogens with zero attached hydrogens (tertiary/aromatic N) is 1. The summed E-state index contributed by atoms with van der Waals surface area (Å²) in [6.07, 6.45) is 2.52. The van der Waals surface area contributed by atoms with Crippen LogP contribution in [0.25, 0.3) is 0 Å². The van der Waals surface area contributed by atoms with E-state index < -0.39 is 0 Å². The number of aliphatic hydroxyl groups is 1. The van der Waals surface area contributed by atoms with Gasteiger partial charge in [-0.05, 0) is 30.5 Å². The Kier molecular flexibility index (Phi) is 4.20. The second kappa shape index (κ2) is 5.87. The van der Waals surface area contributed by atoms with Crippen molar-refractivity contribution in [2.45, 2.75) is 25.3 Å². The van der Waals surface area contributed by atoms with Gasteiger partial charge in [0.2, 0.25) is 5.91 Å². The molecule has 0 atom stereocenters. The standard InChI is InChI=1S/C14H19NO3/c1-18-13-6-2-11(3-7-13)10-14(17)15(8-9-16)12-4-5-12/h2-3,6-7,12,16H,4-5,8-10H2,1H3. The Hall–Kier alpha value is -1.55. The molecule has 0 saturated heterocycles. The molecule has 0 radical (unpaired) electrons. The summed E-state index contributed by atoms with van der Waals surface area (Å²) in [5, 5.41) is 8.99. The fourth-order valence-electron chi connectivity index (χ4n) is 2.02. The van der Waals surface area contributed by atoms with Gasteiger partial charge < -0.3 is 14.7 Å². The van der Waals surface area contributed by atoms with E-state index in [1.807, 2.05) is 24.3 Å². The Bertz CT molecular complexity index is 398. The zero-order valence-corrected chi connectivity index (χ0v) is 10.6. The average Bonchev–Trinajstić information content (AvgIpc) is 3.21. The molecule has 1 N–H and O–H groups in total. The molecule has 0 heterocycles. The molecular formula is C14H19NO3. The number of hydrogen-bond acceptors (Lipinski definition) is 3. The van der Waals surface area contributed by atoms with Gasteiger partial charge in [0.15, 0.2) is 0 Å². The number of rotatable bonds is 6. The Morgan fingerprint density at radius 2 is 2.06 bits per heavy atom. The van der Waals surface area contributed by atoms with Gasteiger partial charge in [0, 0.05) is 12.6 Å². The molecule has 1 aromatic carbocycles. The van der Waals surface area contributed by atoms with E-state index >= 15 is 0 Å². The summed E-state index contributed by atoms with van der Waals surface area (Å²) >= 11 is 0. The van der Waals surface area contributed by atoms with Crippen LogP contribution in [-0.4, -0.2) is 42.2 Å². The van der Waals surface area contributed by atoms with E-state index in [0.29, 0.717) is 19.0 Å². The van der Waals surface area contributed by atoms with E-state index in [2.05, 4.69) is 0 Å². The summed E-state index contributed by atoms with van der Waals surface area (Å²) in [6, 6.07) is 7.87. The molecule has 4 heteroatoms. The summed E-state index contributed by atoms with van der Waals surface area (Å²) in [4.78, 5) is 13.9. The second-order valence-corrected chi connectivity index (χ2v) is 4.57. The topological polar surface area (TPSA) is 49.8 Å². The smallest absolute Gasteiger partial charge is 0.227 e. The summed E-state index contributed by atoms with van der Waals surface area (Å²) in [6.45, 7) is 0.477. The quantitative estimate of drug-likeness (QED) is 0.824. The number of carbonyl (C=O) groups excluding carboxylic acids is 1. The summed E-state index contributed by atoms with van der Waals surface area (Å²) < 4.78 is 5.08. The number of aliphatic hydroxyl groups excluding tert-OH is 1. The highest BCUT2D eigenvalue weighted by Gasteiger charge is 2.31. The van der Waals surface area contributed by atoms with E-state index in [-0.39, 0.29) is 12.5 Å². The Morgan fingerprint density at radius 1 is 1.39 bits per heavy atom. The lowest BCUT2D eigenvalue weighted by atomic mass is 10.1. The third-order valence-corrected chi connectivity index (χ3v) is 3.16. The van der Waals surface area contributed by atoms with Gasteiger partial charge in [-0.3, -0.25) is 4.79 Å². The highest BCUT2D eigenvalue weighted by molar-refractivity contribution is 5.79. The van der Waals surface area contributed by atoms with Crippen LogP contribution in [0.1, 0.15) is 18.4 Å². The van der Waals surface area contributed by atoms with Crippen molar-refractivity contribution in [2.75, 3.05) is 20.3 Å². The van der Waals surface area contributed by atoms with Crippen LogP contribution in [0.5, 0.6) is 5.75 Å². The fraction of sp³-hybridized carbons (Fsp3) is 0.500. The van der Waals surface area contributed by atoms with Crippen molar-refractivity contribution < 1.29 is 14.6 Å². The second-order valence-electron chi connectivity index (χ2n) is 4.57. The van der Waals surface area contributed by atoms with Gasteiger partial charge in [0.05, 0.1) is 20.1 Å². The van der Waals surface area contributed by atoms with Crippen LogP contribution in [0.3, 0.4) is 0 Å². The molecule has 4 nitrogen and oxygen atoms in total. The van der Waals surface area contributed by atoms with Crippen LogP contribution in [-0.2, 0) is 11.2 Å². The van der Waals surface area contributed by atoms with Gasteiger partial charge in [-0.15, -0.1) is 0 Å². The van der Waals surface area contributed by atoms with Crippen molar-refractivity contribution in [3.63, 3.8) is 0 Å². The Balaban J connectivity index is 1.95. The van der Waals surface area contributed by atoms with Gasteiger partial charge in [-0.25, -0.2) is 0 Å². The number of benzene rings is 1. The van der Waals surface area contributed by atoms with Crippen molar-refractivity contribution in [3.05, 3.63) is 29.8 Å². The van der Waals surface area contributed by atoms with Crippen LogP contribution >= 0.6 is 0 Å². The van der Waals surface area contributed by atoms with Crippen molar-refractivity contribution in [1.29, 1.82) is 0 Å². The Labute approximate surface area is 107 Å². The maximum absolute atomic E-state index is 12.1. The minimum absolute atomic E-state index is 0.0326. The fourth-order valence-corrected chi connectivity index (χ4v) is 2.02. The molecule has 1 fully saturated rings. The molecule has 0 aromatic heterocycles. The minimum atomic E-state index is 0.0326. The monoisotopic (exact) mass is 249 g/mol. The zero-order valence-electron chi connectivity index (χ0n) is 10.6. The van der Waals surface area contributed by atoms with Crippen molar-refractivity contribution in [2.24, 2.45) is 0 Å². The first-order valence-electron chi connectivity index (χ1n) is 6.28. The van der Waals surface area contributed by atoms with Crippen LogP contribution < -0.4 is 4.74 Å². The van der Waals surface area contributed by atoms with E-state index in [9.17, 15) is 4.79 Å². The minimum Gasteiger partial charge on any atom is -0.497 e. The van der Waals surface area contributed by atoms with E-state index in [4.69, 9.17) is 9.84 Å². The Morgan fingerprint density at radius 3 is 2.56 bits per heavy atom. The molecule has 0 bridgehead atoms. The maximum Gasteiger partial charge on any atom is 0.227 e. The third-order valence-electron chi connectivity index (χ3n) is 3.16. The van der Waals surface area contributed by atoms with E-state index in [1.165, 1.54) is 0 Å². The molecule has 1 saturated carbocycles. The highest BCUT2D eigenvalue weighted by Crippen LogP contribution is 2.27. The van der Waals surface area contributed by atoms with Crippen molar-refractivity contribution >= 4 is 5.91 Å². The SMILES string of the molecule is COc1ccc(CC(=O)N(CCO)C2CC2)cc1. The average molecular weight is 249 g/mol. The van der Waals surface area contributed by atoms with Crippen LogP contribution in [0.4, 0.5) is 0 Å². The van der Waals surface area contributed by atoms with Gasteiger partial charge in [0.25, 0.3) is 0 Å². The maximum atomic E-state index is 12.1. The summed E-state index contributed by atoms with van der Waals surface area (Å²) in [5.74, 6) is 0.886. The molecule has 1 aliphatic carbocycles. The normalized spacial score (nSPS) is 14.3. The van der Waals surface area contributed by atoms with Gasteiger partial charge >= 0.3 is 0 Å². The van der Waals surface area contributed by atoms with Gasteiger partial charge in [0.1, 0.15) is 5.75 Å². The number of ether oxygens (including phenoxy) is 1. The lowest BCUT2D eigenvalue weighted by Crippen LogP contribution is -2.36. The lowest BCUT2D eigenvalue weighted by Gasteiger charge is -2.21. The van der Waals surface area contributed by atoms with E-state index in [1.54, 1.807) is 12.0 Å². The first-order chi connectivity index (χ1) is 8.74. The number of amides is 1. The molecule has 1 aliphatic rings. The summed E-state index contributed by atoms with van der Waals surface area (Å²) in [7, 11) is 1.62. The molecule has 98 valence electrons. The first kappa shape index (κ1) is 12.9. The molecular weight excluding hydrogens is 230 g/mol. The number of methoxy groups -OCH3 is 1. The van der Waals surface area contributed by atoms with Crippen LogP contribution in [0, 0.1) is 0 Å². The van der Waals surface area contributed by atoms with Crippen LogP contribution in [0.2, 0.25) is 0 Å². The highest BCUT2D eigenvalue weighted by atomic mass is 16.5. The largest absolute Gasteiger partial charge is 0.497 e. The van der Waals surface area contributed by atoms with E-state index in [0.717, 1.165) is 24.2 Å². The third kappa shape index (κ3) is 3.23. The molecule has 0 unspecified atom stereocenters. The van der Waals surface area contributed by atoms with Crippen molar-refractivity contribution in [3.8, 4) is 5.75 Å². The first-order valence-corrected chi connectivity index (χ1v) is 6.28.